The number of aromatic nitrogens is 3. The second-order valence-corrected chi connectivity index (χ2v) is 7.12. The molecule has 3 aromatic rings. The number of nitrogens with two attached hydrogens (primary N) is 1. The van der Waals surface area contributed by atoms with Crippen molar-refractivity contribution in [2.24, 2.45) is 5.73 Å². The number of methoxy groups -OCH3 is 1. The largest absolute Gasteiger partial charge is 0.494 e. The molecule has 0 saturated carbocycles. The Kier molecular flexibility index (Phi) is 5.33. The van der Waals surface area contributed by atoms with Crippen LogP contribution < -0.4 is 15.8 Å². The first-order chi connectivity index (χ1) is 14.0. The molecule has 0 radical (unpaired) electrons. The first-order valence-corrected chi connectivity index (χ1v) is 9.22. The molecule has 9 nitrogen and oxygen atoms in total. The van der Waals surface area contributed by atoms with Crippen LogP contribution in [0.2, 0.25) is 0 Å². The Bertz CT molecular complexity index is 1000. The first-order valence-electron chi connectivity index (χ1n) is 9.22. The summed E-state index contributed by atoms with van der Waals surface area (Å²) in [7, 11) is 1.41. The summed E-state index contributed by atoms with van der Waals surface area (Å²) in [5.41, 5.74) is 8.07. The van der Waals surface area contributed by atoms with E-state index < -0.39 is 24.1 Å². The van der Waals surface area contributed by atoms with Crippen molar-refractivity contribution < 1.29 is 19.3 Å². The third-order valence-corrected chi connectivity index (χ3v) is 5.12. The number of nitrogens with one attached hydrogen (secondary N) is 1. The summed E-state index contributed by atoms with van der Waals surface area (Å²) in [5.74, 6) is 0.224. The van der Waals surface area contributed by atoms with Gasteiger partial charge in [0.05, 0.1) is 25.4 Å². The maximum atomic E-state index is 13.7. The lowest BCUT2D eigenvalue weighted by molar-refractivity contribution is -0.0289. The van der Waals surface area contributed by atoms with Crippen molar-refractivity contribution in [3.05, 3.63) is 48.2 Å². The van der Waals surface area contributed by atoms with Crippen LogP contribution in [0, 0.1) is 5.82 Å². The van der Waals surface area contributed by atoms with E-state index in [0.29, 0.717) is 31.1 Å². The van der Waals surface area contributed by atoms with Gasteiger partial charge in [-0.3, -0.25) is 4.90 Å². The fourth-order valence-electron chi connectivity index (χ4n) is 3.59. The Morgan fingerprint density at radius 1 is 1.28 bits per heavy atom. The van der Waals surface area contributed by atoms with E-state index in [9.17, 15) is 14.6 Å². The van der Waals surface area contributed by atoms with Gasteiger partial charge < -0.3 is 26.0 Å². The summed E-state index contributed by atoms with van der Waals surface area (Å²) >= 11 is 0. The Morgan fingerprint density at radius 2 is 2.03 bits per heavy atom. The molecule has 10 heteroatoms. The number of aliphatic hydroxyl groups excluding tert-OH is 2. The van der Waals surface area contributed by atoms with E-state index >= 15 is 0 Å². The molecule has 0 spiro atoms. The number of benzene rings is 1. The quantitative estimate of drug-likeness (QED) is 0.486. The van der Waals surface area contributed by atoms with Crippen molar-refractivity contribution in [1.29, 1.82) is 0 Å². The summed E-state index contributed by atoms with van der Waals surface area (Å²) in [5, 5.41) is 27.6. The molecular weight excluding hydrogens is 379 g/mol. The minimum absolute atomic E-state index is 0.128. The fraction of sp³-hybridized carbons (Fsp3) is 0.368. The van der Waals surface area contributed by atoms with Crippen LogP contribution in [0.15, 0.2) is 36.8 Å². The van der Waals surface area contributed by atoms with Crippen molar-refractivity contribution in [1.82, 2.24) is 19.5 Å². The van der Waals surface area contributed by atoms with Crippen molar-refractivity contribution in [3.8, 4) is 5.75 Å². The van der Waals surface area contributed by atoms with Gasteiger partial charge in [-0.25, -0.2) is 13.9 Å². The highest BCUT2D eigenvalue weighted by Crippen LogP contribution is 2.27. The maximum Gasteiger partial charge on any atom is 0.165 e. The predicted molar refractivity (Wildman–Crippen MR) is 104 cm³/mol. The number of ether oxygens (including phenoxy) is 1. The summed E-state index contributed by atoms with van der Waals surface area (Å²) in [6, 6.07) is 5.73. The van der Waals surface area contributed by atoms with Crippen LogP contribution in [-0.4, -0.2) is 68.2 Å². The smallest absolute Gasteiger partial charge is 0.165 e. The third-order valence-electron chi connectivity index (χ3n) is 5.12. The van der Waals surface area contributed by atoms with Gasteiger partial charge in [0.15, 0.2) is 17.4 Å². The Balaban J connectivity index is 1.62. The van der Waals surface area contributed by atoms with E-state index in [-0.39, 0.29) is 5.75 Å². The topological polar surface area (TPSA) is 121 Å². The zero-order chi connectivity index (χ0) is 20.5. The van der Waals surface area contributed by atoms with Crippen molar-refractivity contribution >= 4 is 17.0 Å². The molecule has 1 aliphatic rings. The number of rotatable bonds is 5. The van der Waals surface area contributed by atoms with Crippen molar-refractivity contribution in [2.45, 2.75) is 24.8 Å². The van der Waals surface area contributed by atoms with Crippen LogP contribution in [0.4, 0.5) is 15.9 Å². The first kappa shape index (κ1) is 19.5. The Labute approximate surface area is 166 Å². The monoisotopic (exact) mass is 402 g/mol. The fourth-order valence-corrected chi connectivity index (χ4v) is 3.59. The van der Waals surface area contributed by atoms with Gasteiger partial charge in [-0.2, -0.15) is 5.10 Å². The molecule has 1 fully saturated rings. The van der Waals surface area contributed by atoms with Gasteiger partial charge in [-0.05, 0) is 23.8 Å². The van der Waals surface area contributed by atoms with Crippen LogP contribution in [0.1, 0.15) is 5.56 Å². The molecule has 4 rings (SSSR count). The van der Waals surface area contributed by atoms with E-state index in [1.165, 1.54) is 19.5 Å². The number of hydrogen-bond acceptors (Lipinski definition) is 8. The number of aliphatic hydroxyl groups is 2. The Hall–Kier alpha value is -2.79. The molecule has 3 heterocycles. The average molecular weight is 402 g/mol. The SMILES string of the molecule is COc1cc(Nc2ncnn3ccc(CN4CC(O)C(N)[C@@H](O)C4)c23)ccc1F. The van der Waals surface area contributed by atoms with Crippen molar-refractivity contribution in [2.75, 3.05) is 25.5 Å². The molecule has 29 heavy (non-hydrogen) atoms. The molecule has 0 aliphatic carbocycles. The lowest BCUT2D eigenvalue weighted by Gasteiger charge is -2.37. The number of anilines is 2. The van der Waals surface area contributed by atoms with Gasteiger partial charge in [0, 0.05) is 37.6 Å². The normalized spacial score (nSPS) is 22.7. The number of hydrogen-bond donors (Lipinski definition) is 4. The lowest BCUT2D eigenvalue weighted by atomic mass is 9.99. The number of halogens is 1. The van der Waals surface area contributed by atoms with Crippen LogP contribution in [-0.2, 0) is 6.54 Å². The standard InChI is InChI=1S/C19H23FN6O3/c1-29-16-6-12(2-3-13(16)20)24-19-18-11(4-5-26(18)23-10-22-19)7-25-8-14(27)17(21)15(28)9-25/h2-6,10,14-15,17,27-28H,7-9,21H2,1H3,(H,22,23,24)/t14-,15?,17?/m0/s1. The molecule has 5 N–H and O–H groups in total. The summed E-state index contributed by atoms with van der Waals surface area (Å²) in [6.07, 6.45) is 1.64. The molecule has 0 bridgehead atoms. The van der Waals surface area contributed by atoms with Crippen LogP contribution in [0.25, 0.3) is 5.52 Å². The molecule has 154 valence electrons. The highest BCUT2D eigenvalue weighted by Gasteiger charge is 2.32. The average Bonchev–Trinajstić information content (AvgIpc) is 3.11. The number of piperidine rings is 1. The molecule has 2 aromatic heterocycles. The van der Waals surface area contributed by atoms with E-state index in [1.807, 2.05) is 17.2 Å². The number of β-amino-alcohol motifs (C(OH)–C–C–N with tert-alkyl or cyclic N) is 2. The van der Waals surface area contributed by atoms with Gasteiger partial charge >= 0.3 is 0 Å². The van der Waals surface area contributed by atoms with Gasteiger partial charge in [-0.1, -0.05) is 0 Å². The van der Waals surface area contributed by atoms with Crippen LogP contribution in [0.3, 0.4) is 0 Å². The van der Waals surface area contributed by atoms with Crippen LogP contribution >= 0.6 is 0 Å². The van der Waals surface area contributed by atoms with Gasteiger partial charge in [0.2, 0.25) is 0 Å². The number of likely N-dealkylation sites (tertiary alicyclic amines) is 1. The predicted octanol–water partition coefficient (Wildman–Crippen LogP) is 0.485. The zero-order valence-corrected chi connectivity index (χ0v) is 15.9. The molecule has 0 amide bonds. The zero-order valence-electron chi connectivity index (χ0n) is 15.9. The van der Waals surface area contributed by atoms with Gasteiger partial charge in [-0.15, -0.1) is 0 Å². The lowest BCUT2D eigenvalue weighted by Crippen LogP contribution is -2.58. The van der Waals surface area contributed by atoms with Crippen molar-refractivity contribution in [3.63, 3.8) is 0 Å². The second kappa shape index (κ2) is 7.91. The number of fused-ring (bicyclic) bond motifs is 1. The third kappa shape index (κ3) is 3.87. The molecule has 1 aromatic carbocycles. The minimum Gasteiger partial charge on any atom is -0.494 e. The maximum absolute atomic E-state index is 13.7. The summed E-state index contributed by atoms with van der Waals surface area (Å²) in [4.78, 5) is 6.27. The molecule has 2 unspecified atom stereocenters. The minimum atomic E-state index is -0.798. The second-order valence-electron chi connectivity index (χ2n) is 7.12. The van der Waals surface area contributed by atoms with Gasteiger partial charge in [0.1, 0.15) is 11.8 Å². The number of nitrogens with zero attached hydrogens (tertiary/aromatic N) is 4. The summed E-state index contributed by atoms with van der Waals surface area (Å²) in [6.45, 7) is 1.20. The van der Waals surface area contributed by atoms with E-state index in [4.69, 9.17) is 10.5 Å². The summed E-state index contributed by atoms with van der Waals surface area (Å²) < 4.78 is 20.4. The molecular formula is C19H23FN6O3. The highest BCUT2D eigenvalue weighted by molar-refractivity contribution is 5.76. The Morgan fingerprint density at radius 3 is 2.76 bits per heavy atom. The van der Waals surface area contributed by atoms with Crippen LogP contribution in [0.5, 0.6) is 5.75 Å². The van der Waals surface area contributed by atoms with Gasteiger partial charge in [0.25, 0.3) is 0 Å². The van der Waals surface area contributed by atoms with E-state index in [1.54, 1.807) is 16.6 Å². The van der Waals surface area contributed by atoms with E-state index in [0.717, 1.165) is 11.1 Å². The molecule has 3 atom stereocenters. The highest BCUT2D eigenvalue weighted by atomic mass is 19.1. The van der Waals surface area contributed by atoms with E-state index in [2.05, 4.69) is 15.4 Å². The molecule has 1 saturated heterocycles. The molecule has 1 aliphatic heterocycles.